The number of nitrogens with zero attached hydrogens (tertiary/aromatic N) is 3. The normalized spacial score (nSPS) is 17.2. The van der Waals surface area contributed by atoms with E-state index in [1.165, 1.54) is 21.9 Å². The molecule has 3 rings (SSSR count). The summed E-state index contributed by atoms with van der Waals surface area (Å²) in [6, 6.07) is 5.35. The van der Waals surface area contributed by atoms with Crippen LogP contribution in [-0.2, 0) is 23.6 Å². The zero-order valence-electron chi connectivity index (χ0n) is 16.9. The summed E-state index contributed by atoms with van der Waals surface area (Å²) in [6.07, 6.45) is -8.00. The smallest absolute Gasteiger partial charge is 0.312 e. The quantitative estimate of drug-likeness (QED) is 0.575. The highest BCUT2D eigenvalue weighted by Gasteiger charge is 2.39. The Morgan fingerprint density at radius 1 is 1.09 bits per heavy atom. The van der Waals surface area contributed by atoms with Gasteiger partial charge in [-0.2, -0.15) is 26.3 Å². The molecule has 0 bridgehead atoms. The van der Waals surface area contributed by atoms with E-state index in [1.807, 2.05) is 0 Å². The molecule has 2 amide bonds. The molecular weight excluding hydrogens is 440 g/mol. The molecule has 0 spiro atoms. The Labute approximate surface area is 179 Å². The van der Waals surface area contributed by atoms with Crippen molar-refractivity contribution in [1.29, 1.82) is 0 Å². The summed E-state index contributed by atoms with van der Waals surface area (Å²) < 4.78 is 76.7. The van der Waals surface area contributed by atoms with Crippen molar-refractivity contribution in [3.63, 3.8) is 0 Å². The van der Waals surface area contributed by atoms with Gasteiger partial charge in [0.2, 0.25) is 0 Å². The monoisotopic (exact) mass is 459 g/mol. The number of anilines is 1. The number of hydrogen-bond acceptors (Lipinski definition) is 3. The van der Waals surface area contributed by atoms with Crippen molar-refractivity contribution in [3.8, 4) is 0 Å². The third-order valence-corrected chi connectivity index (χ3v) is 5.13. The van der Waals surface area contributed by atoms with E-state index in [9.17, 15) is 35.9 Å². The molecule has 0 aliphatic carbocycles. The van der Waals surface area contributed by atoms with Crippen molar-refractivity contribution in [2.45, 2.75) is 38.2 Å². The summed E-state index contributed by atoms with van der Waals surface area (Å²) in [7, 11) is 0. The zero-order valence-corrected chi connectivity index (χ0v) is 16.9. The lowest BCUT2D eigenvalue weighted by Gasteiger charge is -2.21. The molecule has 1 aromatic heterocycles. The number of benzene rings is 1. The van der Waals surface area contributed by atoms with E-state index in [0.717, 1.165) is 30.5 Å². The van der Waals surface area contributed by atoms with Gasteiger partial charge in [-0.25, -0.2) is 9.78 Å². The zero-order chi connectivity index (χ0) is 23.7. The molecule has 2 aromatic rings. The van der Waals surface area contributed by atoms with Gasteiger partial charge in [0.1, 0.15) is 5.69 Å². The van der Waals surface area contributed by atoms with Crippen LogP contribution in [0.4, 0.5) is 36.8 Å². The van der Waals surface area contributed by atoms with Gasteiger partial charge >= 0.3 is 18.4 Å². The molecule has 1 saturated heterocycles. The number of rotatable bonds is 6. The predicted molar refractivity (Wildman–Crippen MR) is 103 cm³/mol. The van der Waals surface area contributed by atoms with E-state index in [-0.39, 0.29) is 36.8 Å². The molecule has 0 saturated carbocycles. The van der Waals surface area contributed by atoms with Crippen molar-refractivity contribution in [2.75, 3.05) is 18.0 Å². The Hall–Kier alpha value is -3.11. The molecule has 1 aliphatic rings. The summed E-state index contributed by atoms with van der Waals surface area (Å²) in [5.41, 5.74) is -1.62. The van der Waals surface area contributed by atoms with E-state index in [2.05, 4.69) is 4.98 Å². The number of pyridine rings is 1. The molecule has 172 valence electrons. The fourth-order valence-corrected chi connectivity index (χ4v) is 3.51. The molecule has 2 heterocycles. The van der Waals surface area contributed by atoms with Gasteiger partial charge in [0, 0.05) is 13.0 Å². The first kappa shape index (κ1) is 23.6. The van der Waals surface area contributed by atoms with Crippen LogP contribution in [0.25, 0.3) is 0 Å². The van der Waals surface area contributed by atoms with Crippen molar-refractivity contribution >= 4 is 17.5 Å². The Morgan fingerprint density at radius 3 is 2.38 bits per heavy atom. The molecule has 1 atom stereocenters. The number of carbonyl (C=O) groups excluding carboxylic acids is 2. The minimum Gasteiger partial charge on any atom is -0.312 e. The number of alkyl halides is 6. The highest BCUT2D eigenvalue weighted by atomic mass is 19.4. The van der Waals surface area contributed by atoms with Gasteiger partial charge < -0.3 is 4.90 Å². The van der Waals surface area contributed by atoms with E-state index < -0.39 is 35.4 Å². The molecule has 5 nitrogen and oxygen atoms in total. The SMILES string of the molecule is CC[C@H]1CN(c2ccc(C(F)(F)F)nc2)C(=O)N1CC(=O)Cc1cccc(C(F)(F)F)c1. The first-order valence-electron chi connectivity index (χ1n) is 9.69. The standard InChI is InChI=1S/C21H19F6N3O2/c1-2-15-11-29(16-6-7-18(28-10-16)21(25,26)27)19(32)30(15)12-17(31)9-13-4-3-5-14(8-13)20(22,23)24/h3-8,10,15H,2,9,11-12H2,1H3/t15-/m0/s1. The lowest BCUT2D eigenvalue weighted by atomic mass is 10.0. The van der Waals surface area contributed by atoms with Crippen LogP contribution in [0.2, 0.25) is 0 Å². The molecule has 0 radical (unpaired) electrons. The number of carbonyl (C=O) groups is 2. The first-order valence-corrected chi connectivity index (χ1v) is 9.69. The van der Waals surface area contributed by atoms with Crippen LogP contribution in [0.5, 0.6) is 0 Å². The van der Waals surface area contributed by atoms with E-state index in [4.69, 9.17) is 0 Å². The van der Waals surface area contributed by atoms with Crippen LogP contribution in [0, 0.1) is 0 Å². The summed E-state index contributed by atoms with van der Waals surface area (Å²) in [5.74, 6) is -0.455. The molecule has 11 heteroatoms. The maximum atomic E-state index is 12.9. The van der Waals surface area contributed by atoms with Gasteiger partial charge in [-0.1, -0.05) is 25.1 Å². The van der Waals surface area contributed by atoms with Crippen LogP contribution in [-0.4, -0.2) is 40.8 Å². The fraction of sp³-hybridized carbons (Fsp3) is 0.381. The highest BCUT2D eigenvalue weighted by molar-refractivity contribution is 5.97. The average Bonchev–Trinajstić information content (AvgIpc) is 3.02. The number of amides is 2. The maximum Gasteiger partial charge on any atom is 0.433 e. The van der Waals surface area contributed by atoms with Gasteiger partial charge in [0.05, 0.1) is 30.0 Å². The fourth-order valence-electron chi connectivity index (χ4n) is 3.51. The number of hydrogen-bond donors (Lipinski definition) is 0. The first-order chi connectivity index (χ1) is 14.9. The summed E-state index contributed by atoms with van der Waals surface area (Å²) >= 11 is 0. The van der Waals surface area contributed by atoms with Crippen LogP contribution in [0.15, 0.2) is 42.6 Å². The number of aromatic nitrogens is 1. The van der Waals surface area contributed by atoms with Crippen LogP contribution in [0.3, 0.4) is 0 Å². The molecule has 1 aromatic carbocycles. The van der Waals surface area contributed by atoms with Crippen molar-refractivity contribution in [2.24, 2.45) is 0 Å². The van der Waals surface area contributed by atoms with Crippen LogP contribution in [0.1, 0.15) is 30.2 Å². The Kier molecular flexibility index (Phi) is 6.47. The van der Waals surface area contributed by atoms with E-state index in [1.54, 1.807) is 6.92 Å². The molecular formula is C21H19F6N3O2. The third-order valence-electron chi connectivity index (χ3n) is 5.13. The maximum absolute atomic E-state index is 12.9. The molecule has 0 N–H and O–H groups in total. The Morgan fingerprint density at radius 2 is 1.81 bits per heavy atom. The predicted octanol–water partition coefficient (Wildman–Crippen LogP) is 4.95. The minimum absolute atomic E-state index is 0.152. The number of halogens is 6. The second kappa shape index (κ2) is 8.79. The number of ketones is 1. The van der Waals surface area contributed by atoms with Gasteiger partial charge in [-0.05, 0) is 30.2 Å². The van der Waals surface area contributed by atoms with Gasteiger partial charge in [0.15, 0.2) is 5.78 Å². The molecule has 1 aliphatic heterocycles. The summed E-state index contributed by atoms with van der Waals surface area (Å²) in [4.78, 5) is 31.2. The Balaban J connectivity index is 1.71. The van der Waals surface area contributed by atoms with E-state index in [0.29, 0.717) is 6.42 Å². The van der Waals surface area contributed by atoms with Crippen LogP contribution >= 0.6 is 0 Å². The second-order valence-electron chi connectivity index (χ2n) is 7.40. The minimum atomic E-state index is -4.61. The lowest BCUT2D eigenvalue weighted by molar-refractivity contribution is -0.141. The summed E-state index contributed by atoms with van der Waals surface area (Å²) in [5, 5.41) is 0. The topological polar surface area (TPSA) is 53.5 Å². The highest BCUT2D eigenvalue weighted by Crippen LogP contribution is 2.31. The largest absolute Gasteiger partial charge is 0.433 e. The van der Waals surface area contributed by atoms with Crippen molar-refractivity contribution < 1.29 is 35.9 Å². The van der Waals surface area contributed by atoms with Crippen LogP contribution < -0.4 is 4.90 Å². The van der Waals surface area contributed by atoms with Crippen molar-refractivity contribution in [1.82, 2.24) is 9.88 Å². The van der Waals surface area contributed by atoms with Gasteiger partial charge in [-0.15, -0.1) is 0 Å². The second-order valence-corrected chi connectivity index (χ2v) is 7.40. The Bertz CT molecular complexity index is 988. The van der Waals surface area contributed by atoms with E-state index >= 15 is 0 Å². The number of Topliss-reactive ketones (excluding diaryl/α,β-unsaturated/α-hetero) is 1. The lowest BCUT2D eigenvalue weighted by Crippen LogP contribution is -2.39. The average molecular weight is 459 g/mol. The van der Waals surface area contributed by atoms with Gasteiger partial charge in [0.25, 0.3) is 0 Å². The summed E-state index contributed by atoms with van der Waals surface area (Å²) in [6.45, 7) is 1.62. The van der Waals surface area contributed by atoms with Gasteiger partial charge in [-0.3, -0.25) is 9.69 Å². The van der Waals surface area contributed by atoms with Crippen molar-refractivity contribution in [3.05, 3.63) is 59.4 Å². The molecule has 32 heavy (non-hydrogen) atoms. The molecule has 1 fully saturated rings. The number of urea groups is 1. The third kappa shape index (κ3) is 5.20. The molecule has 0 unspecified atom stereocenters.